The molecule has 0 unspecified atom stereocenters. The standard InChI is InChI=1S/C51H89N13O11/c1-11-30(8)41(49(73)59-34(20-15-16-22-52)43(67)62-38(50(74)75)25-28(4)5)64-42(66)31(9)57-48(72)40(29(6)7)63-44(68)35(21-17-23-56-51(54)55)58-46(70)37(26-33-18-13-12-14-19-33)60-45(69)36(24-27(2)3)61-47(71)39(53)32(10)65/h12-14,18-19,27-32,34-41,65H,11,15-17,20-26,52-53H2,1-10H3,(H,57,72)(H,58,70)(H,59,73)(H,60,69)(H,61,71)(H,62,67)(H,63,68)(H,64,66)(H,74,75)(H4,54,55,56)/t30-,31-,32+,34-,35-,36-,37-,38-,39-,40-,41-/m0/s1. The molecule has 0 saturated heterocycles. The Morgan fingerprint density at radius 3 is 1.55 bits per heavy atom. The number of benzene rings is 1. The molecule has 0 radical (unpaired) electrons. The number of hydrogen-bond donors (Lipinski definition) is 14. The molecule has 0 bridgehead atoms. The van der Waals surface area contributed by atoms with Gasteiger partial charge in [-0.25, -0.2) is 4.79 Å². The van der Waals surface area contributed by atoms with Crippen molar-refractivity contribution in [2.45, 2.75) is 188 Å². The Labute approximate surface area is 442 Å². The Hall–Kier alpha value is -6.40. The van der Waals surface area contributed by atoms with E-state index in [-0.39, 0.29) is 62.9 Å². The number of carboxylic acid groups (broad SMARTS) is 1. The van der Waals surface area contributed by atoms with E-state index in [0.29, 0.717) is 31.4 Å². The molecular weight excluding hydrogens is 971 g/mol. The molecule has 1 aromatic carbocycles. The van der Waals surface area contributed by atoms with Crippen molar-refractivity contribution in [2.24, 2.45) is 51.6 Å². The monoisotopic (exact) mass is 1060 g/mol. The molecule has 0 aromatic heterocycles. The number of aliphatic carboxylic acids is 1. The Morgan fingerprint density at radius 2 is 1.03 bits per heavy atom. The molecule has 24 nitrogen and oxygen atoms in total. The fourth-order valence-electron chi connectivity index (χ4n) is 7.69. The van der Waals surface area contributed by atoms with Crippen LogP contribution in [0.5, 0.6) is 0 Å². The molecule has 8 amide bonds. The van der Waals surface area contributed by atoms with Gasteiger partial charge in [-0.15, -0.1) is 0 Å². The number of aliphatic hydroxyl groups is 1. The first-order chi connectivity index (χ1) is 35.1. The van der Waals surface area contributed by atoms with Gasteiger partial charge in [-0.2, -0.15) is 0 Å². The van der Waals surface area contributed by atoms with E-state index >= 15 is 0 Å². The van der Waals surface area contributed by atoms with Crippen LogP contribution in [0, 0.1) is 23.7 Å². The summed E-state index contributed by atoms with van der Waals surface area (Å²) in [6.07, 6.45) is 0.728. The van der Waals surface area contributed by atoms with E-state index in [2.05, 4.69) is 47.5 Å². The molecule has 0 spiro atoms. The van der Waals surface area contributed by atoms with Crippen LogP contribution in [0.1, 0.15) is 126 Å². The SMILES string of the molecule is CC[C@H](C)[C@H](NC(=O)[C@H](C)NC(=O)[C@@H](NC(=O)[C@H](CCCN=C(N)N)NC(=O)[C@H](Cc1ccccc1)NC(=O)[C@H](CC(C)C)NC(=O)[C@@H](N)[C@@H](C)O)C(C)C)C(=O)N[C@@H](CCCCN)C(=O)N[C@@H](CC(C)C)C(=O)O. The fourth-order valence-corrected chi connectivity index (χ4v) is 7.69. The predicted octanol–water partition coefficient (Wildman–Crippen LogP) is -1.10. The van der Waals surface area contributed by atoms with Crippen molar-refractivity contribution in [1.29, 1.82) is 0 Å². The number of aliphatic imine (C=N–C) groups is 1. The van der Waals surface area contributed by atoms with Crippen molar-refractivity contribution in [3.63, 3.8) is 0 Å². The van der Waals surface area contributed by atoms with Gasteiger partial charge in [0.25, 0.3) is 0 Å². The minimum Gasteiger partial charge on any atom is -0.480 e. The third-order valence-corrected chi connectivity index (χ3v) is 12.4. The highest BCUT2D eigenvalue weighted by Crippen LogP contribution is 2.14. The van der Waals surface area contributed by atoms with E-state index < -0.39 is 126 Å². The van der Waals surface area contributed by atoms with Crippen LogP contribution in [0.25, 0.3) is 0 Å². The number of guanidine groups is 1. The van der Waals surface area contributed by atoms with Crippen molar-refractivity contribution in [2.75, 3.05) is 13.1 Å². The van der Waals surface area contributed by atoms with Gasteiger partial charge in [-0.3, -0.25) is 43.3 Å². The number of rotatable bonds is 35. The van der Waals surface area contributed by atoms with Crippen LogP contribution in [-0.4, -0.2) is 143 Å². The summed E-state index contributed by atoms with van der Waals surface area (Å²) in [5.74, 6) is -8.64. The largest absolute Gasteiger partial charge is 0.480 e. The van der Waals surface area contributed by atoms with Gasteiger partial charge in [-0.1, -0.05) is 92.1 Å². The second-order valence-electron chi connectivity index (χ2n) is 20.4. The highest BCUT2D eigenvalue weighted by Gasteiger charge is 2.36. The molecule has 0 fully saturated rings. The van der Waals surface area contributed by atoms with Gasteiger partial charge in [0.15, 0.2) is 5.96 Å². The van der Waals surface area contributed by atoms with Crippen molar-refractivity contribution >= 4 is 59.2 Å². The molecule has 0 aliphatic rings. The first-order valence-electron chi connectivity index (χ1n) is 26.0. The minimum absolute atomic E-state index is 0.0385. The molecule has 0 saturated carbocycles. The lowest BCUT2D eigenvalue weighted by molar-refractivity contribution is -0.143. The summed E-state index contributed by atoms with van der Waals surface area (Å²) in [5, 5.41) is 40.9. The number of carboxylic acids is 1. The average molecular weight is 1060 g/mol. The maximum absolute atomic E-state index is 14.3. The normalized spacial score (nSPS) is 15.7. The van der Waals surface area contributed by atoms with Crippen molar-refractivity contribution < 1.29 is 53.4 Å². The van der Waals surface area contributed by atoms with Crippen LogP contribution >= 0.6 is 0 Å². The van der Waals surface area contributed by atoms with Crippen LogP contribution in [0.15, 0.2) is 35.3 Å². The summed E-state index contributed by atoms with van der Waals surface area (Å²) in [6.45, 7) is 17.2. The van der Waals surface area contributed by atoms with Gasteiger partial charge < -0.3 is 75.7 Å². The average Bonchev–Trinajstić information content (AvgIpc) is 3.33. The number of unbranched alkanes of at least 4 members (excludes halogenated alkanes) is 1. The van der Waals surface area contributed by atoms with E-state index in [4.69, 9.17) is 22.9 Å². The minimum atomic E-state index is -1.33. The third kappa shape index (κ3) is 25.1. The number of carbonyl (C=O) groups is 9. The van der Waals surface area contributed by atoms with Crippen LogP contribution in [0.3, 0.4) is 0 Å². The summed E-state index contributed by atoms with van der Waals surface area (Å²) in [7, 11) is 0. The van der Waals surface area contributed by atoms with Gasteiger partial charge in [-0.05, 0) is 94.6 Å². The topological polar surface area (TPSA) is 407 Å². The van der Waals surface area contributed by atoms with Crippen molar-refractivity contribution in [3.8, 4) is 0 Å². The summed E-state index contributed by atoms with van der Waals surface area (Å²) >= 11 is 0. The molecule has 24 heteroatoms. The van der Waals surface area contributed by atoms with Gasteiger partial charge in [0.05, 0.1) is 6.10 Å². The zero-order valence-electron chi connectivity index (χ0n) is 45.6. The zero-order chi connectivity index (χ0) is 57.1. The molecule has 1 aromatic rings. The summed E-state index contributed by atoms with van der Waals surface area (Å²) < 4.78 is 0. The van der Waals surface area contributed by atoms with E-state index in [1.54, 1.807) is 58.0 Å². The van der Waals surface area contributed by atoms with E-state index in [9.17, 15) is 53.4 Å². The van der Waals surface area contributed by atoms with Crippen molar-refractivity contribution in [3.05, 3.63) is 35.9 Å². The highest BCUT2D eigenvalue weighted by atomic mass is 16.4. The second kappa shape index (κ2) is 34.2. The quantitative estimate of drug-likeness (QED) is 0.0218. The molecule has 18 N–H and O–H groups in total. The fraction of sp³-hybridized carbons (Fsp3) is 0.686. The van der Waals surface area contributed by atoms with Gasteiger partial charge in [0, 0.05) is 13.0 Å². The summed E-state index contributed by atoms with van der Waals surface area (Å²) in [5.41, 5.74) is 23.2. The molecule has 424 valence electrons. The molecular formula is C51H89N13O11. The number of nitrogens with zero attached hydrogens (tertiary/aromatic N) is 1. The van der Waals surface area contributed by atoms with E-state index in [1.807, 2.05) is 27.7 Å². The Kier molecular flexibility index (Phi) is 30.4. The second-order valence-corrected chi connectivity index (χ2v) is 20.4. The molecule has 0 heterocycles. The zero-order valence-corrected chi connectivity index (χ0v) is 45.6. The summed E-state index contributed by atoms with van der Waals surface area (Å²) in [6, 6.07) is -2.45. The first kappa shape index (κ1) is 66.6. The van der Waals surface area contributed by atoms with Gasteiger partial charge >= 0.3 is 5.97 Å². The van der Waals surface area contributed by atoms with E-state index in [1.165, 1.54) is 13.8 Å². The number of aliphatic hydroxyl groups excluding tert-OH is 1. The number of nitrogens with one attached hydrogen (secondary N) is 8. The third-order valence-electron chi connectivity index (χ3n) is 12.4. The molecule has 1 rings (SSSR count). The highest BCUT2D eigenvalue weighted by molar-refractivity contribution is 5.98. The van der Waals surface area contributed by atoms with Crippen LogP contribution in [0.4, 0.5) is 0 Å². The Balaban J connectivity index is 3.45. The Morgan fingerprint density at radius 1 is 0.560 bits per heavy atom. The van der Waals surface area contributed by atoms with E-state index in [0.717, 1.165) is 0 Å². The number of nitrogens with two attached hydrogens (primary N) is 4. The lowest BCUT2D eigenvalue weighted by Crippen LogP contribution is -2.61. The first-order valence-corrected chi connectivity index (χ1v) is 26.0. The summed E-state index contributed by atoms with van der Waals surface area (Å²) in [4.78, 5) is 126. The van der Waals surface area contributed by atoms with Crippen molar-refractivity contribution in [1.82, 2.24) is 42.5 Å². The van der Waals surface area contributed by atoms with Gasteiger partial charge in [0.2, 0.25) is 47.3 Å². The number of hydrogen-bond acceptors (Lipinski definition) is 13. The molecule has 0 aliphatic carbocycles. The lowest BCUT2D eigenvalue weighted by atomic mass is 9.96. The smallest absolute Gasteiger partial charge is 0.326 e. The maximum atomic E-state index is 14.3. The molecule has 11 atom stereocenters. The van der Waals surface area contributed by atoms with Crippen LogP contribution in [-0.2, 0) is 49.6 Å². The molecule has 0 aliphatic heterocycles. The van der Waals surface area contributed by atoms with Gasteiger partial charge in [0.1, 0.15) is 54.4 Å². The number of amides is 8. The Bertz CT molecular complexity index is 2040. The van der Waals surface area contributed by atoms with Crippen LogP contribution < -0.4 is 65.5 Å². The van der Waals surface area contributed by atoms with Crippen LogP contribution in [0.2, 0.25) is 0 Å². The lowest BCUT2D eigenvalue weighted by Gasteiger charge is -2.29. The molecule has 75 heavy (non-hydrogen) atoms. The number of carbonyl (C=O) groups excluding carboxylic acids is 8. The predicted molar refractivity (Wildman–Crippen MR) is 285 cm³/mol. The maximum Gasteiger partial charge on any atom is 0.326 e.